The van der Waals surface area contributed by atoms with Crippen molar-refractivity contribution >= 4 is 22.8 Å². The molecule has 0 aliphatic carbocycles. The molecule has 2 N–H and O–H groups in total. The van der Waals surface area contributed by atoms with E-state index in [2.05, 4.69) is 4.98 Å². The number of likely N-dealkylation sites (tertiary alicyclic amines) is 1. The summed E-state index contributed by atoms with van der Waals surface area (Å²) >= 11 is 0. The lowest BCUT2D eigenvalue weighted by molar-refractivity contribution is -0.141. The van der Waals surface area contributed by atoms with Crippen molar-refractivity contribution in [1.82, 2.24) is 9.88 Å². The number of carbonyl (C=O) groups is 2. The number of hydrogen-bond donors (Lipinski definition) is 2. The molecule has 0 saturated carbocycles. The van der Waals surface area contributed by atoms with Gasteiger partial charge in [-0.3, -0.25) is 9.59 Å². The molecule has 0 bridgehead atoms. The van der Waals surface area contributed by atoms with Gasteiger partial charge in [-0.25, -0.2) is 0 Å². The minimum absolute atomic E-state index is 0.115. The highest BCUT2D eigenvalue weighted by Gasteiger charge is 2.41. The molecule has 1 amide bonds. The first-order valence-electron chi connectivity index (χ1n) is 8.69. The number of aryl methyl sites for hydroxylation is 1. The summed E-state index contributed by atoms with van der Waals surface area (Å²) in [6.45, 7) is 2.64. The molecular weight excluding hydrogens is 328 g/mol. The Bertz CT molecular complexity index is 992. The Kier molecular flexibility index (Phi) is 3.99. The zero-order valence-corrected chi connectivity index (χ0v) is 14.5. The van der Waals surface area contributed by atoms with Crippen LogP contribution in [0.3, 0.4) is 0 Å². The molecule has 2 heterocycles. The average molecular weight is 348 g/mol. The van der Waals surface area contributed by atoms with Crippen LogP contribution < -0.4 is 0 Å². The molecule has 0 spiro atoms. The summed E-state index contributed by atoms with van der Waals surface area (Å²) in [7, 11) is 0. The van der Waals surface area contributed by atoms with E-state index in [4.69, 9.17) is 0 Å². The quantitative estimate of drug-likeness (QED) is 0.762. The number of carboxylic acids is 1. The van der Waals surface area contributed by atoms with Crippen LogP contribution in [0.15, 0.2) is 54.7 Å². The molecular formula is C21H20N2O3. The fourth-order valence-corrected chi connectivity index (χ4v) is 3.91. The van der Waals surface area contributed by atoms with Gasteiger partial charge in [0.05, 0.1) is 5.92 Å². The lowest BCUT2D eigenvalue weighted by Crippen LogP contribution is -2.29. The maximum atomic E-state index is 13.0. The molecule has 3 aromatic rings. The fourth-order valence-electron chi connectivity index (χ4n) is 3.91. The summed E-state index contributed by atoms with van der Waals surface area (Å²) in [6.07, 6.45) is 1.84. The molecule has 5 heteroatoms. The first-order chi connectivity index (χ1) is 12.5. The van der Waals surface area contributed by atoms with E-state index in [1.54, 1.807) is 11.0 Å². The number of rotatable bonds is 3. The van der Waals surface area contributed by atoms with Gasteiger partial charge in [0.15, 0.2) is 0 Å². The number of nitrogens with one attached hydrogen (secondary N) is 1. The maximum absolute atomic E-state index is 13.0. The predicted molar refractivity (Wildman–Crippen MR) is 99.2 cm³/mol. The molecule has 1 aliphatic rings. The Morgan fingerprint density at radius 3 is 2.69 bits per heavy atom. The second-order valence-corrected chi connectivity index (χ2v) is 6.90. The molecule has 1 aliphatic heterocycles. The van der Waals surface area contributed by atoms with Crippen molar-refractivity contribution in [2.45, 2.75) is 12.8 Å². The van der Waals surface area contributed by atoms with Crippen molar-refractivity contribution in [3.8, 4) is 0 Å². The van der Waals surface area contributed by atoms with Gasteiger partial charge in [0.1, 0.15) is 0 Å². The highest BCUT2D eigenvalue weighted by Crippen LogP contribution is 2.35. The van der Waals surface area contributed by atoms with Gasteiger partial charge in [0.25, 0.3) is 5.91 Å². The normalized spacial score (nSPS) is 19.8. The van der Waals surface area contributed by atoms with E-state index in [0.29, 0.717) is 12.1 Å². The molecule has 1 saturated heterocycles. The number of carboxylic acid groups (broad SMARTS) is 1. The van der Waals surface area contributed by atoms with Crippen LogP contribution in [-0.4, -0.2) is 40.0 Å². The summed E-state index contributed by atoms with van der Waals surface area (Å²) in [5.74, 6) is -1.74. The van der Waals surface area contributed by atoms with Crippen LogP contribution in [-0.2, 0) is 4.79 Å². The van der Waals surface area contributed by atoms with E-state index >= 15 is 0 Å². The van der Waals surface area contributed by atoms with E-state index in [1.807, 2.05) is 55.6 Å². The lowest BCUT2D eigenvalue weighted by Gasteiger charge is -2.18. The molecule has 1 fully saturated rings. The molecule has 0 radical (unpaired) electrons. The standard InChI is InChI=1S/C21H20N2O3/c1-13-4-2-3-5-16(13)17-11-23(12-18(17)21(25)26)20(24)15-6-7-19-14(10-15)8-9-22-19/h2-10,17-18,22H,11-12H2,1H3,(H,25,26)/t17-,18+/m0/s1. The molecule has 132 valence electrons. The molecule has 2 atom stereocenters. The Balaban J connectivity index is 1.64. The molecule has 1 aromatic heterocycles. The highest BCUT2D eigenvalue weighted by atomic mass is 16.4. The van der Waals surface area contributed by atoms with Crippen LogP contribution in [0.25, 0.3) is 10.9 Å². The van der Waals surface area contributed by atoms with Crippen LogP contribution in [0.1, 0.15) is 27.4 Å². The van der Waals surface area contributed by atoms with Crippen LogP contribution in [0, 0.1) is 12.8 Å². The van der Waals surface area contributed by atoms with Crippen molar-refractivity contribution in [2.24, 2.45) is 5.92 Å². The molecule has 26 heavy (non-hydrogen) atoms. The zero-order valence-electron chi connectivity index (χ0n) is 14.5. The largest absolute Gasteiger partial charge is 0.481 e. The van der Waals surface area contributed by atoms with Crippen molar-refractivity contribution in [2.75, 3.05) is 13.1 Å². The fraction of sp³-hybridized carbons (Fsp3) is 0.238. The minimum atomic E-state index is -0.852. The summed E-state index contributed by atoms with van der Waals surface area (Å²) in [5.41, 5.74) is 3.64. The van der Waals surface area contributed by atoms with Gasteiger partial charge < -0.3 is 15.0 Å². The monoisotopic (exact) mass is 348 g/mol. The third kappa shape index (κ3) is 2.75. The Labute approximate surface area is 151 Å². The summed E-state index contributed by atoms with van der Waals surface area (Å²) < 4.78 is 0. The van der Waals surface area contributed by atoms with Crippen LogP contribution in [0.2, 0.25) is 0 Å². The Hall–Kier alpha value is -3.08. The number of aliphatic carboxylic acids is 1. The highest BCUT2D eigenvalue weighted by molar-refractivity contribution is 5.98. The lowest BCUT2D eigenvalue weighted by atomic mass is 9.86. The summed E-state index contributed by atoms with van der Waals surface area (Å²) in [4.78, 5) is 29.5. The predicted octanol–water partition coefficient (Wildman–Crippen LogP) is 3.42. The van der Waals surface area contributed by atoms with Crippen molar-refractivity contribution < 1.29 is 14.7 Å². The first-order valence-corrected chi connectivity index (χ1v) is 8.69. The van der Waals surface area contributed by atoms with Gasteiger partial charge in [0, 0.05) is 41.7 Å². The number of carbonyl (C=O) groups excluding carboxylic acids is 1. The second-order valence-electron chi connectivity index (χ2n) is 6.90. The SMILES string of the molecule is Cc1ccccc1[C@@H]1CN(C(=O)c2ccc3[nH]ccc3c2)C[C@H]1C(=O)O. The third-order valence-corrected chi connectivity index (χ3v) is 5.31. The van der Waals surface area contributed by atoms with Crippen molar-refractivity contribution in [3.05, 3.63) is 71.4 Å². The van der Waals surface area contributed by atoms with E-state index in [-0.39, 0.29) is 18.4 Å². The number of amides is 1. The number of H-pyrrole nitrogens is 1. The molecule has 0 unspecified atom stereocenters. The number of benzene rings is 2. The smallest absolute Gasteiger partial charge is 0.308 e. The average Bonchev–Trinajstić information content (AvgIpc) is 3.28. The Morgan fingerprint density at radius 2 is 1.92 bits per heavy atom. The van der Waals surface area contributed by atoms with Gasteiger partial charge in [-0.15, -0.1) is 0 Å². The van der Waals surface area contributed by atoms with Gasteiger partial charge in [-0.2, -0.15) is 0 Å². The van der Waals surface area contributed by atoms with Crippen LogP contribution in [0.4, 0.5) is 0 Å². The van der Waals surface area contributed by atoms with E-state index in [0.717, 1.165) is 22.0 Å². The van der Waals surface area contributed by atoms with E-state index in [9.17, 15) is 14.7 Å². The Morgan fingerprint density at radius 1 is 1.12 bits per heavy atom. The zero-order chi connectivity index (χ0) is 18.3. The van der Waals surface area contributed by atoms with Crippen LogP contribution >= 0.6 is 0 Å². The number of hydrogen-bond acceptors (Lipinski definition) is 2. The van der Waals surface area contributed by atoms with Crippen molar-refractivity contribution in [1.29, 1.82) is 0 Å². The van der Waals surface area contributed by atoms with E-state index < -0.39 is 11.9 Å². The van der Waals surface area contributed by atoms with Gasteiger partial charge in [0.2, 0.25) is 0 Å². The van der Waals surface area contributed by atoms with E-state index in [1.165, 1.54) is 0 Å². The minimum Gasteiger partial charge on any atom is -0.481 e. The summed E-state index contributed by atoms with van der Waals surface area (Å²) in [6, 6.07) is 15.3. The van der Waals surface area contributed by atoms with Gasteiger partial charge >= 0.3 is 5.97 Å². The third-order valence-electron chi connectivity index (χ3n) is 5.31. The topological polar surface area (TPSA) is 73.4 Å². The summed E-state index contributed by atoms with van der Waals surface area (Å²) in [5, 5.41) is 10.6. The number of aromatic amines is 1. The number of aromatic nitrogens is 1. The molecule has 4 rings (SSSR count). The molecule has 2 aromatic carbocycles. The van der Waals surface area contributed by atoms with Gasteiger partial charge in [-0.05, 0) is 42.3 Å². The maximum Gasteiger partial charge on any atom is 0.308 e. The molecule has 5 nitrogen and oxygen atoms in total. The van der Waals surface area contributed by atoms with Gasteiger partial charge in [-0.1, -0.05) is 24.3 Å². The second kappa shape index (κ2) is 6.33. The number of nitrogens with zero attached hydrogens (tertiary/aromatic N) is 1. The first kappa shape index (κ1) is 16.4. The van der Waals surface area contributed by atoms with Crippen molar-refractivity contribution in [3.63, 3.8) is 0 Å². The number of fused-ring (bicyclic) bond motifs is 1. The van der Waals surface area contributed by atoms with Crippen LogP contribution in [0.5, 0.6) is 0 Å².